The Labute approximate surface area is 181 Å². The number of hydrogen-bond acceptors (Lipinski definition) is 7. The summed E-state index contributed by atoms with van der Waals surface area (Å²) in [6.45, 7) is 15.0. The zero-order valence-electron chi connectivity index (χ0n) is 19.6. The van der Waals surface area contributed by atoms with E-state index < -0.39 is 23.4 Å². The van der Waals surface area contributed by atoms with E-state index in [0.29, 0.717) is 52.7 Å². The van der Waals surface area contributed by atoms with E-state index in [1.54, 1.807) is 0 Å². The minimum atomic E-state index is -0.496. The highest BCUT2D eigenvalue weighted by molar-refractivity contribution is 5.67. The molecule has 2 N–H and O–H groups in total. The van der Waals surface area contributed by atoms with Gasteiger partial charge < -0.3 is 34.3 Å². The Morgan fingerprint density at radius 3 is 1.33 bits per heavy atom. The van der Waals surface area contributed by atoms with E-state index in [1.165, 1.54) is 0 Å². The molecule has 0 saturated heterocycles. The molecular formula is C21H42N2O7. The third kappa shape index (κ3) is 22.7. The molecule has 0 heterocycles. The van der Waals surface area contributed by atoms with Gasteiger partial charge in [-0.25, -0.2) is 9.59 Å². The summed E-state index contributed by atoms with van der Waals surface area (Å²) in [5, 5.41) is 5.28. The van der Waals surface area contributed by atoms with Gasteiger partial charge in [-0.3, -0.25) is 0 Å². The Hall–Kier alpha value is -1.58. The van der Waals surface area contributed by atoms with Crippen molar-refractivity contribution in [3.63, 3.8) is 0 Å². The molecule has 0 radical (unpaired) electrons. The molecule has 9 heteroatoms. The van der Waals surface area contributed by atoms with Crippen molar-refractivity contribution in [3.05, 3.63) is 0 Å². The Morgan fingerprint density at radius 1 is 0.567 bits per heavy atom. The predicted molar refractivity (Wildman–Crippen MR) is 115 cm³/mol. The highest BCUT2D eigenvalue weighted by atomic mass is 16.6. The van der Waals surface area contributed by atoms with Crippen LogP contribution in [0.1, 0.15) is 60.8 Å². The van der Waals surface area contributed by atoms with Crippen LogP contribution >= 0.6 is 0 Å². The first-order valence-corrected chi connectivity index (χ1v) is 10.7. The molecule has 0 fully saturated rings. The second kappa shape index (κ2) is 16.2. The summed E-state index contributed by atoms with van der Waals surface area (Å²) in [5.74, 6) is 0. The van der Waals surface area contributed by atoms with Crippen molar-refractivity contribution in [1.82, 2.24) is 10.6 Å². The van der Waals surface area contributed by atoms with E-state index in [-0.39, 0.29) is 0 Å². The normalized spacial score (nSPS) is 11.8. The number of carbonyl (C=O) groups excluding carboxylic acids is 2. The Balaban J connectivity index is 3.25. The molecule has 0 spiro atoms. The molecule has 0 saturated carbocycles. The molecule has 9 nitrogen and oxygen atoms in total. The van der Waals surface area contributed by atoms with Gasteiger partial charge >= 0.3 is 12.2 Å². The molecule has 0 rings (SSSR count). The summed E-state index contributed by atoms with van der Waals surface area (Å²) in [4.78, 5) is 22.9. The topological polar surface area (TPSA) is 104 Å². The summed E-state index contributed by atoms with van der Waals surface area (Å²) < 4.78 is 26.6. The van der Waals surface area contributed by atoms with Crippen molar-refractivity contribution < 1.29 is 33.3 Å². The molecule has 0 atom stereocenters. The van der Waals surface area contributed by atoms with Gasteiger partial charge in [-0.15, -0.1) is 0 Å². The molecule has 0 aromatic rings. The maximum absolute atomic E-state index is 11.4. The summed E-state index contributed by atoms with van der Waals surface area (Å²) >= 11 is 0. The molecule has 0 unspecified atom stereocenters. The molecule has 0 aliphatic rings. The molecule has 178 valence electrons. The van der Waals surface area contributed by atoms with Crippen LogP contribution in [0, 0.1) is 0 Å². The van der Waals surface area contributed by atoms with Gasteiger partial charge in [0.15, 0.2) is 0 Å². The van der Waals surface area contributed by atoms with E-state index in [0.717, 1.165) is 19.3 Å². The number of hydrogen-bond donors (Lipinski definition) is 2. The number of rotatable bonds is 15. The fraction of sp³-hybridized carbons (Fsp3) is 0.905. The van der Waals surface area contributed by atoms with Gasteiger partial charge in [0, 0.05) is 26.3 Å². The Morgan fingerprint density at radius 2 is 0.933 bits per heavy atom. The smallest absolute Gasteiger partial charge is 0.407 e. The quantitative estimate of drug-likeness (QED) is 0.381. The largest absolute Gasteiger partial charge is 0.444 e. The van der Waals surface area contributed by atoms with Crippen LogP contribution in [0.25, 0.3) is 0 Å². The van der Waals surface area contributed by atoms with Crippen LogP contribution in [0.2, 0.25) is 0 Å². The van der Waals surface area contributed by atoms with E-state index in [4.69, 9.17) is 23.7 Å². The minimum Gasteiger partial charge on any atom is -0.444 e. The third-order valence-corrected chi connectivity index (χ3v) is 3.28. The average molecular weight is 435 g/mol. The third-order valence-electron chi connectivity index (χ3n) is 3.28. The van der Waals surface area contributed by atoms with Gasteiger partial charge in [0.05, 0.1) is 26.4 Å². The number of unbranched alkanes of at least 4 members (excludes halogenated alkanes) is 2. The lowest BCUT2D eigenvalue weighted by Gasteiger charge is -2.19. The lowest BCUT2D eigenvalue weighted by Crippen LogP contribution is -2.34. The van der Waals surface area contributed by atoms with Crippen molar-refractivity contribution in [3.8, 4) is 0 Å². The number of carbonyl (C=O) groups is 2. The van der Waals surface area contributed by atoms with Crippen LogP contribution in [-0.2, 0) is 23.7 Å². The number of amides is 2. The monoisotopic (exact) mass is 434 g/mol. The zero-order valence-corrected chi connectivity index (χ0v) is 19.6. The van der Waals surface area contributed by atoms with Gasteiger partial charge in [-0.05, 0) is 60.8 Å². The van der Waals surface area contributed by atoms with Gasteiger partial charge in [-0.2, -0.15) is 0 Å². The van der Waals surface area contributed by atoms with Crippen molar-refractivity contribution in [2.45, 2.75) is 72.0 Å². The van der Waals surface area contributed by atoms with Gasteiger partial charge in [0.2, 0.25) is 0 Å². The highest BCUT2D eigenvalue weighted by Gasteiger charge is 2.16. The molecule has 0 bridgehead atoms. The van der Waals surface area contributed by atoms with Crippen LogP contribution in [0.15, 0.2) is 0 Å². The van der Waals surface area contributed by atoms with Gasteiger partial charge in [0.1, 0.15) is 11.2 Å². The maximum Gasteiger partial charge on any atom is 0.407 e. The first-order chi connectivity index (χ1) is 14.0. The van der Waals surface area contributed by atoms with Crippen LogP contribution in [0.5, 0.6) is 0 Å². The molecule has 0 aliphatic heterocycles. The van der Waals surface area contributed by atoms with Crippen LogP contribution in [0.3, 0.4) is 0 Å². The maximum atomic E-state index is 11.4. The van der Waals surface area contributed by atoms with E-state index >= 15 is 0 Å². The van der Waals surface area contributed by atoms with Crippen molar-refractivity contribution >= 4 is 12.2 Å². The number of nitrogens with one attached hydrogen (secondary N) is 2. The van der Waals surface area contributed by atoms with Crippen molar-refractivity contribution in [2.75, 3.05) is 52.7 Å². The molecule has 0 aliphatic carbocycles. The molecule has 0 aromatic carbocycles. The van der Waals surface area contributed by atoms with Gasteiger partial charge in [-0.1, -0.05) is 0 Å². The van der Waals surface area contributed by atoms with Crippen LogP contribution in [-0.4, -0.2) is 76.1 Å². The van der Waals surface area contributed by atoms with E-state index in [9.17, 15) is 9.59 Å². The molecule has 2 amide bonds. The standard InChI is InChI=1S/C21H42N2O7/c1-20(2,3)29-18(24)22-10-14-26-12-8-7-9-13-27-16-17-28-15-11-23-19(25)30-21(4,5)6/h7-17H2,1-6H3,(H,22,24)(H,23,25). The second-order valence-electron chi connectivity index (χ2n) is 8.76. The summed E-state index contributed by atoms with van der Waals surface area (Å²) in [7, 11) is 0. The molecule has 30 heavy (non-hydrogen) atoms. The van der Waals surface area contributed by atoms with Crippen molar-refractivity contribution in [1.29, 1.82) is 0 Å². The fourth-order valence-corrected chi connectivity index (χ4v) is 2.09. The summed E-state index contributed by atoms with van der Waals surface area (Å²) in [5.41, 5.74) is -0.984. The Kier molecular flexibility index (Phi) is 15.3. The SMILES string of the molecule is CC(C)(C)OC(=O)NCCOCCCCCOCCOCCNC(=O)OC(C)(C)C. The minimum absolute atomic E-state index is 0.405. The van der Waals surface area contributed by atoms with Crippen LogP contribution in [0.4, 0.5) is 9.59 Å². The van der Waals surface area contributed by atoms with E-state index in [2.05, 4.69) is 10.6 Å². The summed E-state index contributed by atoms with van der Waals surface area (Å²) in [6.07, 6.45) is 2.06. The zero-order chi connectivity index (χ0) is 22.9. The second-order valence-corrected chi connectivity index (χ2v) is 8.76. The molecule has 0 aromatic heterocycles. The molecular weight excluding hydrogens is 392 g/mol. The van der Waals surface area contributed by atoms with E-state index in [1.807, 2.05) is 41.5 Å². The fourth-order valence-electron chi connectivity index (χ4n) is 2.09. The lowest BCUT2D eigenvalue weighted by molar-refractivity contribution is 0.0384. The summed E-state index contributed by atoms with van der Waals surface area (Å²) in [6, 6.07) is 0. The van der Waals surface area contributed by atoms with Gasteiger partial charge in [0.25, 0.3) is 0 Å². The van der Waals surface area contributed by atoms with Crippen LogP contribution < -0.4 is 10.6 Å². The predicted octanol–water partition coefficient (Wildman–Crippen LogP) is 3.26. The first kappa shape index (κ1) is 28.4. The average Bonchev–Trinajstić information content (AvgIpc) is 2.58. The lowest BCUT2D eigenvalue weighted by atomic mass is 10.2. The first-order valence-electron chi connectivity index (χ1n) is 10.7. The highest BCUT2D eigenvalue weighted by Crippen LogP contribution is 2.06. The Bertz CT molecular complexity index is 417. The number of alkyl carbamates (subject to hydrolysis) is 2. The number of ether oxygens (including phenoxy) is 5. The van der Waals surface area contributed by atoms with Crippen molar-refractivity contribution in [2.24, 2.45) is 0 Å².